The van der Waals surface area contributed by atoms with Crippen molar-refractivity contribution in [2.75, 3.05) is 0 Å². The third-order valence-corrected chi connectivity index (χ3v) is 1.23. The molecule has 0 spiro atoms. The fraction of sp³-hybridized carbons (Fsp3) is 0. The van der Waals surface area contributed by atoms with Crippen LogP contribution in [-0.2, 0) is 0 Å². The molecule has 0 aliphatic rings. The van der Waals surface area contributed by atoms with E-state index in [9.17, 15) is 0 Å². The first-order chi connectivity index (χ1) is 2.89. The molecule has 0 amide bonds. The molecular formula is C2H2KN2S2+. The standard InChI is InChI=1S/C2H2N2S2.K/c5-2-1-3-4-6-2;/h1,4H;/q;+1. The topological polar surface area (TPSA) is 28.7 Å². The van der Waals surface area contributed by atoms with Crippen LogP contribution in [0.4, 0.5) is 0 Å². The van der Waals surface area contributed by atoms with Crippen LogP contribution < -0.4 is 51.4 Å². The molecule has 1 aromatic heterocycles. The summed E-state index contributed by atoms with van der Waals surface area (Å²) in [6, 6.07) is 0. The van der Waals surface area contributed by atoms with Crippen molar-refractivity contribution in [3.8, 4) is 0 Å². The van der Waals surface area contributed by atoms with E-state index in [2.05, 4.69) is 21.8 Å². The van der Waals surface area contributed by atoms with Gasteiger partial charge in [-0.3, -0.25) is 0 Å². The Morgan fingerprint density at radius 3 is 2.71 bits per heavy atom. The van der Waals surface area contributed by atoms with Gasteiger partial charge in [-0.05, 0) is 11.5 Å². The molecule has 5 heteroatoms. The summed E-state index contributed by atoms with van der Waals surface area (Å²) >= 11 is 6.03. The molecule has 0 atom stereocenters. The molecule has 0 fully saturated rings. The van der Waals surface area contributed by atoms with Crippen LogP contribution in [-0.4, -0.2) is 9.59 Å². The smallest absolute Gasteiger partial charge is 0.231 e. The Balaban J connectivity index is 0.000000360. The van der Waals surface area contributed by atoms with Gasteiger partial charge in [0.1, 0.15) is 3.82 Å². The van der Waals surface area contributed by atoms with Gasteiger partial charge in [0.05, 0.1) is 6.20 Å². The van der Waals surface area contributed by atoms with Gasteiger partial charge in [-0.15, -0.1) is 0 Å². The SMILES string of the molecule is S=c1cn[nH]s1.[K+]. The van der Waals surface area contributed by atoms with Gasteiger partial charge in [0.2, 0.25) is 0 Å². The van der Waals surface area contributed by atoms with Gasteiger partial charge in [0.15, 0.2) is 0 Å². The molecule has 32 valence electrons. The number of nitrogens with one attached hydrogen (secondary N) is 1. The van der Waals surface area contributed by atoms with Crippen molar-refractivity contribution in [2.45, 2.75) is 0 Å². The van der Waals surface area contributed by atoms with Crippen LogP contribution in [0.25, 0.3) is 0 Å². The Labute approximate surface area is 92.9 Å². The van der Waals surface area contributed by atoms with E-state index in [1.54, 1.807) is 6.20 Å². The average molecular weight is 157 g/mol. The second-order valence-corrected chi connectivity index (χ2v) is 2.30. The molecule has 0 bridgehead atoms. The predicted molar refractivity (Wildman–Crippen MR) is 27.3 cm³/mol. The molecule has 0 aliphatic carbocycles. The Morgan fingerprint density at radius 2 is 2.57 bits per heavy atom. The molecule has 1 N–H and O–H groups in total. The van der Waals surface area contributed by atoms with Crippen molar-refractivity contribution in [3.63, 3.8) is 0 Å². The minimum atomic E-state index is 0. The number of aromatic amines is 1. The summed E-state index contributed by atoms with van der Waals surface area (Å²) in [7, 11) is 0. The monoisotopic (exact) mass is 157 g/mol. The predicted octanol–water partition coefficient (Wildman–Crippen LogP) is -1.80. The van der Waals surface area contributed by atoms with E-state index in [1.165, 1.54) is 11.5 Å². The summed E-state index contributed by atoms with van der Waals surface area (Å²) in [4.78, 5) is 0. The Bertz CT molecular complexity index is 151. The summed E-state index contributed by atoms with van der Waals surface area (Å²) in [6.07, 6.45) is 1.61. The van der Waals surface area contributed by atoms with Crippen molar-refractivity contribution in [2.24, 2.45) is 0 Å². The molecular weight excluding hydrogens is 155 g/mol. The van der Waals surface area contributed by atoms with E-state index >= 15 is 0 Å². The normalized spacial score (nSPS) is 7.43. The van der Waals surface area contributed by atoms with Crippen LogP contribution in [0.3, 0.4) is 0 Å². The third-order valence-electron chi connectivity index (χ3n) is 0.369. The van der Waals surface area contributed by atoms with Crippen molar-refractivity contribution >= 4 is 23.8 Å². The number of hydrogen-bond donors (Lipinski definition) is 1. The first-order valence-electron chi connectivity index (χ1n) is 1.38. The van der Waals surface area contributed by atoms with E-state index in [0.717, 1.165) is 3.82 Å². The number of nitrogens with zero attached hydrogens (tertiary/aromatic N) is 1. The number of H-pyrrole nitrogens is 1. The molecule has 0 radical (unpaired) electrons. The quantitative estimate of drug-likeness (QED) is 0.356. The zero-order chi connectivity index (χ0) is 4.41. The van der Waals surface area contributed by atoms with Gasteiger partial charge >= 0.3 is 51.4 Å². The minimum absolute atomic E-state index is 0. The van der Waals surface area contributed by atoms with Crippen molar-refractivity contribution < 1.29 is 51.4 Å². The summed E-state index contributed by atoms with van der Waals surface area (Å²) < 4.78 is 3.42. The van der Waals surface area contributed by atoms with Gasteiger partial charge in [-0.2, -0.15) is 5.10 Å². The van der Waals surface area contributed by atoms with Crippen LogP contribution >= 0.6 is 23.8 Å². The number of hydrogen-bond acceptors (Lipinski definition) is 3. The van der Waals surface area contributed by atoms with Gasteiger partial charge in [0, 0.05) is 0 Å². The molecule has 0 aromatic carbocycles. The summed E-state index contributed by atoms with van der Waals surface area (Å²) in [5, 5.41) is 3.61. The molecule has 0 saturated heterocycles. The molecule has 2 nitrogen and oxygen atoms in total. The molecule has 0 saturated carbocycles. The Hall–Kier alpha value is 1.42. The maximum atomic E-state index is 4.67. The first-order valence-corrected chi connectivity index (χ1v) is 2.61. The molecule has 1 aromatic rings. The molecule has 0 unspecified atom stereocenters. The van der Waals surface area contributed by atoms with Gasteiger partial charge in [-0.25, -0.2) is 4.49 Å². The first kappa shape index (κ1) is 8.42. The number of rotatable bonds is 0. The zero-order valence-electron chi connectivity index (χ0n) is 3.84. The summed E-state index contributed by atoms with van der Waals surface area (Å²) in [6.45, 7) is 0. The molecule has 1 heterocycles. The van der Waals surface area contributed by atoms with E-state index < -0.39 is 0 Å². The van der Waals surface area contributed by atoms with Gasteiger partial charge in [-0.1, -0.05) is 12.2 Å². The average Bonchev–Trinajstić information content (AvgIpc) is 1.86. The molecule has 1 rings (SSSR count). The Kier molecular flexibility index (Phi) is 5.18. The van der Waals surface area contributed by atoms with Crippen LogP contribution in [0.1, 0.15) is 0 Å². The zero-order valence-corrected chi connectivity index (χ0v) is 8.60. The van der Waals surface area contributed by atoms with E-state index in [1.807, 2.05) is 0 Å². The third kappa shape index (κ3) is 3.07. The molecule has 0 aliphatic heterocycles. The largest absolute Gasteiger partial charge is 1.00 e. The van der Waals surface area contributed by atoms with Crippen molar-refractivity contribution in [1.82, 2.24) is 9.59 Å². The van der Waals surface area contributed by atoms with Gasteiger partial charge in [0.25, 0.3) is 0 Å². The maximum absolute atomic E-state index is 4.67. The van der Waals surface area contributed by atoms with E-state index in [-0.39, 0.29) is 51.4 Å². The van der Waals surface area contributed by atoms with Crippen LogP contribution in [0.15, 0.2) is 6.20 Å². The van der Waals surface area contributed by atoms with Crippen LogP contribution in [0.5, 0.6) is 0 Å². The minimum Gasteiger partial charge on any atom is -0.231 e. The summed E-state index contributed by atoms with van der Waals surface area (Å²) in [5.74, 6) is 0. The second kappa shape index (κ2) is 4.31. The van der Waals surface area contributed by atoms with Crippen molar-refractivity contribution in [3.05, 3.63) is 10.0 Å². The van der Waals surface area contributed by atoms with Crippen molar-refractivity contribution in [1.29, 1.82) is 0 Å². The number of aromatic nitrogens is 2. The summed E-state index contributed by atoms with van der Waals surface area (Å²) in [5.41, 5.74) is 0. The van der Waals surface area contributed by atoms with Crippen LogP contribution in [0.2, 0.25) is 0 Å². The second-order valence-electron chi connectivity index (χ2n) is 0.771. The fourth-order valence-corrected chi connectivity index (χ4v) is 0.642. The van der Waals surface area contributed by atoms with E-state index in [0.29, 0.717) is 0 Å². The van der Waals surface area contributed by atoms with E-state index in [4.69, 9.17) is 0 Å². The van der Waals surface area contributed by atoms with Gasteiger partial charge < -0.3 is 0 Å². The fourth-order valence-electron chi connectivity index (χ4n) is 0.177. The Morgan fingerprint density at radius 1 is 1.86 bits per heavy atom. The maximum Gasteiger partial charge on any atom is 1.00 e. The molecule has 7 heavy (non-hydrogen) atoms. The van der Waals surface area contributed by atoms with Crippen LogP contribution in [0, 0.1) is 3.82 Å².